The molecule has 0 saturated heterocycles. The van der Waals surface area contributed by atoms with E-state index in [0.29, 0.717) is 29.2 Å². The number of nitrogens with zero attached hydrogens (tertiary/aromatic N) is 2. The molecule has 5 aromatic rings. The number of hydrogen-bond acceptors (Lipinski definition) is 7. The van der Waals surface area contributed by atoms with Gasteiger partial charge in [-0.05, 0) is 54.4 Å². The smallest absolute Gasteiger partial charge is 0.475 e. The normalized spacial score (nSPS) is 10.9. The van der Waals surface area contributed by atoms with Crippen molar-refractivity contribution < 1.29 is 42.1 Å². The Bertz CT molecular complexity index is 1740. The first-order valence-electron chi connectivity index (χ1n) is 12.5. The van der Waals surface area contributed by atoms with Crippen LogP contribution in [0.4, 0.5) is 34.8 Å². The molecular weight excluding hydrogens is 574 g/mol. The lowest BCUT2D eigenvalue weighted by molar-refractivity contribution is -0.192. The van der Waals surface area contributed by atoms with Crippen LogP contribution >= 0.6 is 0 Å². The number of aliphatic hydroxyl groups is 1. The molecule has 0 atom stereocenters. The fraction of sp³-hybridized carbons (Fsp3) is 0.103. The molecule has 0 unspecified atom stereocenters. The van der Waals surface area contributed by atoms with Gasteiger partial charge in [0.1, 0.15) is 17.2 Å². The van der Waals surface area contributed by atoms with Gasteiger partial charge >= 0.3 is 12.1 Å². The fourth-order valence-corrected chi connectivity index (χ4v) is 3.80. The predicted octanol–water partition coefficient (Wildman–Crippen LogP) is 6.05. The van der Waals surface area contributed by atoms with Crippen LogP contribution < -0.4 is 15.4 Å². The van der Waals surface area contributed by atoms with Gasteiger partial charge in [0, 0.05) is 42.6 Å². The monoisotopic (exact) mass is 597 g/mol. The van der Waals surface area contributed by atoms with Crippen LogP contribution in [-0.2, 0) is 11.2 Å². The summed E-state index contributed by atoms with van der Waals surface area (Å²) in [6.45, 7) is -0.0327. The third-order valence-corrected chi connectivity index (χ3v) is 5.78. The van der Waals surface area contributed by atoms with Gasteiger partial charge in [-0.25, -0.2) is 19.2 Å². The number of aliphatic hydroxyl groups excluding tert-OH is 1. The molecule has 10 nitrogen and oxygen atoms in total. The van der Waals surface area contributed by atoms with E-state index in [4.69, 9.17) is 14.6 Å². The summed E-state index contributed by atoms with van der Waals surface area (Å²) in [5.74, 6) is -2.93. The first kappa shape index (κ1) is 30.5. The molecule has 0 bridgehead atoms. The number of para-hydroxylation sites is 1. The largest absolute Gasteiger partial charge is 0.490 e. The summed E-state index contributed by atoms with van der Waals surface area (Å²) in [6, 6.07) is 18.4. The number of carboxylic acids is 1. The standard InChI is InChI=1S/C27H22FN5O3.C2HF3O2/c28-21-16-18(7-8-24(21)36-23-10-14-31-25-19(23)9-13-30-25)32-26-20(5-3-12-29-26)27(35)33-22-6-2-1-4-17(22)11-15-34;3-2(4,5)1(6)7/h1-10,12-14,16,34H,11,15H2,(H,29,32)(H,30,31)(H,33,35);(H,6,7). The first-order chi connectivity index (χ1) is 20.6. The molecule has 1 amide bonds. The molecule has 0 fully saturated rings. The number of aromatic nitrogens is 3. The second-order valence-electron chi connectivity index (χ2n) is 8.71. The number of fused-ring (bicyclic) bond motifs is 1. The Morgan fingerprint density at radius 3 is 2.44 bits per heavy atom. The molecule has 14 heteroatoms. The lowest BCUT2D eigenvalue weighted by Gasteiger charge is -2.14. The van der Waals surface area contributed by atoms with E-state index in [2.05, 4.69) is 25.6 Å². The van der Waals surface area contributed by atoms with Crippen molar-refractivity contribution in [3.63, 3.8) is 0 Å². The Hall–Kier alpha value is -5.50. The topological polar surface area (TPSA) is 149 Å². The Labute approximate surface area is 241 Å². The van der Waals surface area contributed by atoms with Gasteiger partial charge in [-0.1, -0.05) is 18.2 Å². The van der Waals surface area contributed by atoms with E-state index in [1.54, 1.807) is 54.9 Å². The number of rotatable bonds is 8. The number of H-pyrrole nitrogens is 1. The van der Waals surface area contributed by atoms with Gasteiger partial charge in [0.15, 0.2) is 11.6 Å². The van der Waals surface area contributed by atoms with Crippen LogP contribution in [0.5, 0.6) is 11.5 Å². The average molecular weight is 598 g/mol. The molecule has 5 rings (SSSR count). The summed E-state index contributed by atoms with van der Waals surface area (Å²) in [6.07, 6.45) is 0.188. The van der Waals surface area contributed by atoms with Crippen molar-refractivity contribution in [3.05, 3.63) is 102 Å². The second-order valence-corrected chi connectivity index (χ2v) is 8.71. The summed E-state index contributed by atoms with van der Waals surface area (Å²) in [5, 5.41) is 23.0. The number of anilines is 3. The molecule has 2 aromatic carbocycles. The van der Waals surface area contributed by atoms with E-state index < -0.39 is 18.0 Å². The van der Waals surface area contributed by atoms with Crippen LogP contribution in [0.15, 0.2) is 85.3 Å². The van der Waals surface area contributed by atoms with E-state index in [-0.39, 0.29) is 29.6 Å². The third-order valence-electron chi connectivity index (χ3n) is 5.78. The number of benzene rings is 2. The van der Waals surface area contributed by atoms with Crippen LogP contribution in [-0.4, -0.2) is 49.8 Å². The maximum Gasteiger partial charge on any atom is 0.490 e. The number of aliphatic carboxylic acids is 1. The molecular formula is C29H23F4N5O5. The average Bonchev–Trinajstić information content (AvgIpc) is 3.46. The predicted molar refractivity (Wildman–Crippen MR) is 149 cm³/mol. The molecule has 0 aliphatic rings. The van der Waals surface area contributed by atoms with Crippen LogP contribution in [0, 0.1) is 5.82 Å². The number of carbonyl (C=O) groups excluding carboxylic acids is 1. The minimum Gasteiger partial charge on any atom is -0.475 e. The van der Waals surface area contributed by atoms with Gasteiger partial charge in [0.05, 0.1) is 10.9 Å². The molecule has 222 valence electrons. The van der Waals surface area contributed by atoms with Crippen molar-refractivity contribution in [2.75, 3.05) is 17.2 Å². The highest BCUT2D eigenvalue weighted by Gasteiger charge is 2.38. The van der Waals surface area contributed by atoms with E-state index in [9.17, 15) is 27.5 Å². The number of carbonyl (C=O) groups is 2. The summed E-state index contributed by atoms with van der Waals surface area (Å²) < 4.78 is 52.4. The number of aromatic amines is 1. The molecule has 0 saturated carbocycles. The zero-order valence-electron chi connectivity index (χ0n) is 22.0. The van der Waals surface area contributed by atoms with Gasteiger partial charge in [-0.15, -0.1) is 0 Å². The van der Waals surface area contributed by atoms with Gasteiger partial charge in [-0.3, -0.25) is 4.79 Å². The van der Waals surface area contributed by atoms with Crippen LogP contribution in [0.2, 0.25) is 0 Å². The van der Waals surface area contributed by atoms with E-state index in [1.807, 2.05) is 12.1 Å². The summed E-state index contributed by atoms with van der Waals surface area (Å²) >= 11 is 0. The highest BCUT2D eigenvalue weighted by Crippen LogP contribution is 2.32. The van der Waals surface area contributed by atoms with Crippen molar-refractivity contribution in [2.45, 2.75) is 12.6 Å². The molecule has 0 radical (unpaired) electrons. The van der Waals surface area contributed by atoms with Crippen LogP contribution in [0.1, 0.15) is 15.9 Å². The molecule has 0 aliphatic heterocycles. The Morgan fingerprint density at radius 1 is 0.953 bits per heavy atom. The second kappa shape index (κ2) is 13.4. The molecule has 3 aromatic heterocycles. The number of pyridine rings is 2. The zero-order chi connectivity index (χ0) is 31.0. The quantitative estimate of drug-likeness (QED) is 0.136. The molecule has 5 N–H and O–H groups in total. The van der Waals surface area contributed by atoms with Crippen molar-refractivity contribution in [3.8, 4) is 11.5 Å². The van der Waals surface area contributed by atoms with E-state index >= 15 is 0 Å². The Balaban J connectivity index is 0.000000541. The van der Waals surface area contributed by atoms with Crippen molar-refractivity contribution >= 4 is 40.1 Å². The molecule has 0 spiro atoms. The summed E-state index contributed by atoms with van der Waals surface area (Å²) in [5.41, 5.74) is 2.74. The maximum atomic E-state index is 14.9. The number of halogens is 4. The molecule has 0 aliphatic carbocycles. The van der Waals surface area contributed by atoms with Gasteiger partial charge < -0.3 is 30.6 Å². The lowest BCUT2D eigenvalue weighted by atomic mass is 10.1. The minimum absolute atomic E-state index is 0.0327. The minimum atomic E-state index is -5.08. The number of ether oxygens (including phenoxy) is 1. The van der Waals surface area contributed by atoms with E-state index in [0.717, 1.165) is 10.9 Å². The summed E-state index contributed by atoms with van der Waals surface area (Å²) in [7, 11) is 0. The molecule has 3 heterocycles. The number of carboxylic acid groups (broad SMARTS) is 1. The van der Waals surface area contributed by atoms with Crippen molar-refractivity contribution in [2.24, 2.45) is 0 Å². The van der Waals surface area contributed by atoms with Crippen LogP contribution in [0.3, 0.4) is 0 Å². The van der Waals surface area contributed by atoms with Gasteiger partial charge in [0.25, 0.3) is 5.91 Å². The van der Waals surface area contributed by atoms with Gasteiger partial charge in [0.2, 0.25) is 0 Å². The zero-order valence-corrected chi connectivity index (χ0v) is 22.0. The number of alkyl halides is 3. The number of hydrogen-bond donors (Lipinski definition) is 5. The van der Waals surface area contributed by atoms with Crippen molar-refractivity contribution in [1.29, 1.82) is 0 Å². The summed E-state index contributed by atoms with van der Waals surface area (Å²) in [4.78, 5) is 33.4. The lowest BCUT2D eigenvalue weighted by Crippen LogP contribution is -2.21. The SMILES string of the molecule is O=C(Nc1ccccc1CCO)c1cccnc1Nc1ccc(Oc2ccnc3[nH]ccc23)c(F)c1.O=C(O)C(F)(F)F. The Kier molecular flexibility index (Phi) is 9.52. The van der Waals surface area contributed by atoms with Gasteiger partial charge in [-0.2, -0.15) is 13.2 Å². The number of amides is 1. The number of nitrogens with one attached hydrogen (secondary N) is 3. The van der Waals surface area contributed by atoms with Crippen LogP contribution in [0.25, 0.3) is 11.0 Å². The Morgan fingerprint density at radius 2 is 1.72 bits per heavy atom. The van der Waals surface area contributed by atoms with Crippen molar-refractivity contribution in [1.82, 2.24) is 15.0 Å². The first-order valence-corrected chi connectivity index (χ1v) is 12.5. The maximum absolute atomic E-state index is 14.9. The third kappa shape index (κ3) is 7.83. The molecule has 43 heavy (non-hydrogen) atoms. The highest BCUT2D eigenvalue weighted by atomic mass is 19.4. The van der Waals surface area contributed by atoms with E-state index in [1.165, 1.54) is 18.3 Å². The fourth-order valence-electron chi connectivity index (χ4n) is 3.80. The highest BCUT2D eigenvalue weighted by molar-refractivity contribution is 6.08.